The summed E-state index contributed by atoms with van der Waals surface area (Å²) in [6.07, 6.45) is 6.21. The van der Waals surface area contributed by atoms with Gasteiger partial charge in [-0.3, -0.25) is 9.48 Å². The molecule has 0 radical (unpaired) electrons. The number of carbonyl (C=O) groups excluding carboxylic acids is 2. The van der Waals surface area contributed by atoms with Crippen LogP contribution in [0.15, 0.2) is 67.0 Å². The van der Waals surface area contributed by atoms with Gasteiger partial charge in [0.2, 0.25) is 0 Å². The first-order valence-electron chi connectivity index (χ1n) is 9.07. The third-order valence-electron chi connectivity index (χ3n) is 4.05. The molecule has 0 atom stereocenters. The summed E-state index contributed by atoms with van der Waals surface area (Å²) in [5, 5.41) is 7.71. The van der Waals surface area contributed by atoms with E-state index in [9.17, 15) is 9.59 Å². The van der Waals surface area contributed by atoms with Crippen LogP contribution in [0.5, 0.6) is 0 Å². The molecule has 1 aromatic heterocycles. The summed E-state index contributed by atoms with van der Waals surface area (Å²) in [6.45, 7) is 2.57. The number of hydrogen-bond acceptors (Lipinski definition) is 4. The van der Waals surface area contributed by atoms with Crippen LogP contribution in [0, 0.1) is 0 Å². The lowest BCUT2D eigenvalue weighted by Gasteiger charge is -2.05. The van der Waals surface area contributed by atoms with Gasteiger partial charge in [-0.1, -0.05) is 41.9 Å². The SMILES string of the molecule is CCOC(=O)C=Cc1ccc(NC(=O)c2cnn(Cc3ccccc3Cl)c2)cc1. The van der Waals surface area contributed by atoms with E-state index in [1.165, 1.54) is 12.3 Å². The lowest BCUT2D eigenvalue weighted by Crippen LogP contribution is -2.11. The van der Waals surface area contributed by atoms with E-state index in [2.05, 4.69) is 10.4 Å². The second-order valence-electron chi connectivity index (χ2n) is 6.18. The van der Waals surface area contributed by atoms with Crippen LogP contribution in [0.2, 0.25) is 5.02 Å². The maximum absolute atomic E-state index is 12.5. The molecule has 0 aliphatic rings. The van der Waals surface area contributed by atoms with Crippen molar-refractivity contribution in [1.29, 1.82) is 0 Å². The van der Waals surface area contributed by atoms with Gasteiger partial charge in [-0.15, -0.1) is 0 Å². The number of ether oxygens (including phenoxy) is 1. The van der Waals surface area contributed by atoms with Crippen LogP contribution in [0.25, 0.3) is 6.08 Å². The Labute approximate surface area is 173 Å². The molecule has 29 heavy (non-hydrogen) atoms. The van der Waals surface area contributed by atoms with Crippen molar-refractivity contribution in [2.24, 2.45) is 0 Å². The molecule has 1 amide bonds. The number of hydrogen-bond donors (Lipinski definition) is 1. The molecule has 148 valence electrons. The molecule has 1 N–H and O–H groups in total. The highest BCUT2D eigenvalue weighted by molar-refractivity contribution is 6.31. The summed E-state index contributed by atoms with van der Waals surface area (Å²) in [6, 6.07) is 14.6. The van der Waals surface area contributed by atoms with E-state index in [0.29, 0.717) is 29.4 Å². The summed E-state index contributed by atoms with van der Waals surface area (Å²) < 4.78 is 6.50. The fraction of sp³-hybridized carbons (Fsp3) is 0.136. The normalized spacial score (nSPS) is 10.8. The molecular weight excluding hydrogens is 390 g/mol. The van der Waals surface area contributed by atoms with E-state index in [4.69, 9.17) is 16.3 Å². The largest absolute Gasteiger partial charge is 0.463 e. The molecule has 2 aromatic carbocycles. The van der Waals surface area contributed by atoms with Crippen LogP contribution >= 0.6 is 11.6 Å². The Bertz CT molecular complexity index is 1030. The Morgan fingerprint density at radius 2 is 1.93 bits per heavy atom. The summed E-state index contributed by atoms with van der Waals surface area (Å²) >= 11 is 6.17. The molecule has 0 spiro atoms. The third-order valence-corrected chi connectivity index (χ3v) is 4.42. The molecule has 3 rings (SSSR count). The maximum Gasteiger partial charge on any atom is 0.330 e. The minimum atomic E-state index is -0.390. The molecule has 6 nitrogen and oxygen atoms in total. The van der Waals surface area contributed by atoms with Gasteiger partial charge in [0.25, 0.3) is 5.91 Å². The summed E-state index contributed by atoms with van der Waals surface area (Å²) in [4.78, 5) is 23.8. The third kappa shape index (κ3) is 5.80. The van der Waals surface area contributed by atoms with Gasteiger partial charge in [-0.05, 0) is 42.3 Å². The van der Waals surface area contributed by atoms with E-state index in [0.717, 1.165) is 11.1 Å². The molecule has 1 heterocycles. The number of anilines is 1. The highest BCUT2D eigenvalue weighted by atomic mass is 35.5. The van der Waals surface area contributed by atoms with Crippen molar-refractivity contribution in [2.75, 3.05) is 11.9 Å². The van der Waals surface area contributed by atoms with Crippen molar-refractivity contribution in [3.05, 3.63) is 88.7 Å². The monoisotopic (exact) mass is 409 g/mol. The Morgan fingerprint density at radius 1 is 1.17 bits per heavy atom. The zero-order valence-electron chi connectivity index (χ0n) is 15.8. The van der Waals surface area contributed by atoms with Crippen molar-refractivity contribution in [2.45, 2.75) is 13.5 Å². The van der Waals surface area contributed by atoms with E-state index >= 15 is 0 Å². The lowest BCUT2D eigenvalue weighted by molar-refractivity contribution is -0.137. The second-order valence-corrected chi connectivity index (χ2v) is 6.59. The van der Waals surface area contributed by atoms with Gasteiger partial charge < -0.3 is 10.1 Å². The first-order valence-corrected chi connectivity index (χ1v) is 9.45. The number of amides is 1. The average molecular weight is 410 g/mol. The standard InChI is InChI=1S/C22H20ClN3O3/c1-2-29-21(27)12-9-16-7-10-19(11-8-16)25-22(28)18-13-24-26(15-18)14-17-5-3-4-6-20(17)23/h3-13,15H,2,14H2,1H3,(H,25,28). The topological polar surface area (TPSA) is 73.2 Å². The van der Waals surface area contributed by atoms with E-state index in [1.807, 2.05) is 24.3 Å². The van der Waals surface area contributed by atoms with Crippen molar-refractivity contribution >= 4 is 35.2 Å². The fourth-order valence-electron chi connectivity index (χ4n) is 2.60. The van der Waals surface area contributed by atoms with Crippen LogP contribution < -0.4 is 5.32 Å². The predicted molar refractivity (Wildman–Crippen MR) is 113 cm³/mol. The number of esters is 1. The number of carbonyl (C=O) groups is 2. The smallest absolute Gasteiger partial charge is 0.330 e. The van der Waals surface area contributed by atoms with Gasteiger partial charge in [0.05, 0.1) is 24.9 Å². The average Bonchev–Trinajstić information content (AvgIpc) is 3.18. The number of benzene rings is 2. The number of aromatic nitrogens is 2. The Hall–Kier alpha value is -3.38. The molecule has 0 aliphatic heterocycles. The van der Waals surface area contributed by atoms with Crippen LogP contribution in [0.4, 0.5) is 5.69 Å². The quantitative estimate of drug-likeness (QED) is 0.463. The minimum absolute atomic E-state index is 0.259. The molecule has 0 bridgehead atoms. The number of rotatable bonds is 7. The Kier molecular flexibility index (Phi) is 6.81. The summed E-state index contributed by atoms with van der Waals surface area (Å²) in [5.41, 5.74) is 2.84. The molecule has 0 fully saturated rings. The fourth-order valence-corrected chi connectivity index (χ4v) is 2.80. The molecule has 0 aliphatic carbocycles. The molecule has 7 heteroatoms. The first-order chi connectivity index (χ1) is 14.0. The molecular formula is C22H20ClN3O3. The molecule has 3 aromatic rings. The van der Waals surface area contributed by atoms with Gasteiger partial charge in [0.1, 0.15) is 0 Å². The second kappa shape index (κ2) is 9.71. The maximum atomic E-state index is 12.5. The lowest BCUT2D eigenvalue weighted by atomic mass is 10.2. The van der Waals surface area contributed by atoms with Gasteiger partial charge in [-0.2, -0.15) is 5.10 Å². The number of nitrogens with zero attached hydrogens (tertiary/aromatic N) is 2. The van der Waals surface area contributed by atoms with E-state index < -0.39 is 5.97 Å². The van der Waals surface area contributed by atoms with Gasteiger partial charge in [0, 0.05) is 23.0 Å². The van der Waals surface area contributed by atoms with Gasteiger partial charge in [0.15, 0.2) is 0 Å². The zero-order chi connectivity index (χ0) is 20.6. The summed E-state index contributed by atoms with van der Waals surface area (Å²) in [7, 11) is 0. The molecule has 0 saturated heterocycles. The van der Waals surface area contributed by atoms with E-state index in [1.54, 1.807) is 48.1 Å². The van der Waals surface area contributed by atoms with Gasteiger partial charge in [-0.25, -0.2) is 4.79 Å². The number of nitrogens with one attached hydrogen (secondary N) is 1. The van der Waals surface area contributed by atoms with Crippen LogP contribution in [-0.4, -0.2) is 28.3 Å². The molecule has 0 unspecified atom stereocenters. The van der Waals surface area contributed by atoms with Crippen molar-refractivity contribution in [1.82, 2.24) is 9.78 Å². The number of halogens is 1. The molecule has 0 saturated carbocycles. The van der Waals surface area contributed by atoms with Crippen molar-refractivity contribution in [3.8, 4) is 0 Å². The summed E-state index contributed by atoms with van der Waals surface area (Å²) in [5.74, 6) is -0.649. The van der Waals surface area contributed by atoms with Crippen LogP contribution in [0.1, 0.15) is 28.4 Å². The van der Waals surface area contributed by atoms with E-state index in [-0.39, 0.29) is 5.91 Å². The zero-order valence-corrected chi connectivity index (χ0v) is 16.6. The van der Waals surface area contributed by atoms with Crippen molar-refractivity contribution in [3.63, 3.8) is 0 Å². The van der Waals surface area contributed by atoms with Crippen LogP contribution in [-0.2, 0) is 16.1 Å². The minimum Gasteiger partial charge on any atom is -0.463 e. The van der Waals surface area contributed by atoms with Gasteiger partial charge >= 0.3 is 5.97 Å². The van der Waals surface area contributed by atoms with Crippen LogP contribution in [0.3, 0.4) is 0 Å². The Morgan fingerprint density at radius 3 is 2.66 bits per heavy atom. The highest BCUT2D eigenvalue weighted by Crippen LogP contribution is 2.17. The van der Waals surface area contributed by atoms with Crippen molar-refractivity contribution < 1.29 is 14.3 Å². The Balaban J connectivity index is 1.60. The highest BCUT2D eigenvalue weighted by Gasteiger charge is 2.10. The predicted octanol–water partition coefficient (Wildman–Crippen LogP) is 4.41. The first kappa shape index (κ1) is 20.4.